The van der Waals surface area contributed by atoms with Crippen molar-refractivity contribution >= 4 is 40.5 Å². The van der Waals surface area contributed by atoms with Crippen molar-refractivity contribution in [2.45, 2.75) is 6.92 Å². The predicted octanol–water partition coefficient (Wildman–Crippen LogP) is 4.46. The van der Waals surface area contributed by atoms with Gasteiger partial charge in [-0.05, 0) is 30.7 Å². The highest BCUT2D eigenvalue weighted by molar-refractivity contribution is 6.37. The van der Waals surface area contributed by atoms with Gasteiger partial charge in [-0.15, -0.1) is 0 Å². The van der Waals surface area contributed by atoms with Gasteiger partial charge < -0.3 is 5.32 Å². The van der Waals surface area contributed by atoms with Crippen LogP contribution in [0.25, 0.3) is 0 Å². The summed E-state index contributed by atoms with van der Waals surface area (Å²) in [6, 6.07) is 9.20. The fourth-order valence-electron chi connectivity index (χ4n) is 1.76. The number of rotatable bonds is 3. The van der Waals surface area contributed by atoms with E-state index in [4.69, 9.17) is 23.2 Å². The Morgan fingerprint density at radius 1 is 1.24 bits per heavy atom. The zero-order chi connectivity index (χ0) is 15.6. The second-order valence-corrected chi connectivity index (χ2v) is 5.12. The van der Waals surface area contributed by atoms with Crippen LogP contribution in [-0.2, 0) is 0 Å². The molecule has 1 N–H and O–H groups in total. The topological polar surface area (TPSA) is 72.2 Å². The van der Waals surface area contributed by atoms with Crippen LogP contribution in [0.5, 0.6) is 0 Å². The van der Waals surface area contributed by atoms with E-state index in [1.807, 2.05) is 6.92 Å². The molecule has 2 rings (SSSR count). The Kier molecular flexibility index (Phi) is 4.45. The Labute approximate surface area is 130 Å². The molecule has 0 saturated carbocycles. The summed E-state index contributed by atoms with van der Waals surface area (Å²) in [7, 11) is 0. The standard InChI is InChI=1S/C14H10Cl2N2O3/c1-8-5-6-10(15)11(7-8)17-14(19)9-3-2-4-12(13(9)16)18(20)21/h2-7H,1H3,(H,17,19). The van der Waals surface area contributed by atoms with Crippen molar-refractivity contribution in [1.82, 2.24) is 0 Å². The van der Waals surface area contributed by atoms with Gasteiger partial charge in [0, 0.05) is 6.07 Å². The van der Waals surface area contributed by atoms with Gasteiger partial charge in [-0.3, -0.25) is 14.9 Å². The molecule has 108 valence electrons. The second kappa shape index (κ2) is 6.11. The minimum Gasteiger partial charge on any atom is -0.321 e. The van der Waals surface area contributed by atoms with E-state index in [1.165, 1.54) is 18.2 Å². The Bertz CT molecular complexity index is 732. The summed E-state index contributed by atoms with van der Waals surface area (Å²) in [5.74, 6) is -0.559. The first kappa shape index (κ1) is 15.3. The van der Waals surface area contributed by atoms with E-state index in [2.05, 4.69) is 5.32 Å². The maximum Gasteiger partial charge on any atom is 0.288 e. The second-order valence-electron chi connectivity index (χ2n) is 4.33. The van der Waals surface area contributed by atoms with E-state index in [-0.39, 0.29) is 16.3 Å². The van der Waals surface area contributed by atoms with E-state index in [0.29, 0.717) is 10.7 Å². The Morgan fingerprint density at radius 2 is 1.95 bits per heavy atom. The average molecular weight is 325 g/mol. The van der Waals surface area contributed by atoms with Crippen LogP contribution < -0.4 is 5.32 Å². The molecule has 0 radical (unpaired) electrons. The van der Waals surface area contributed by atoms with Crippen LogP contribution in [0.2, 0.25) is 10.0 Å². The number of nitro benzene ring substituents is 1. The lowest BCUT2D eigenvalue weighted by Gasteiger charge is -2.09. The number of nitro groups is 1. The van der Waals surface area contributed by atoms with Crippen LogP contribution >= 0.6 is 23.2 Å². The number of nitrogens with zero attached hydrogens (tertiary/aromatic N) is 1. The van der Waals surface area contributed by atoms with E-state index in [9.17, 15) is 14.9 Å². The van der Waals surface area contributed by atoms with E-state index < -0.39 is 10.8 Å². The van der Waals surface area contributed by atoms with Gasteiger partial charge in [0.1, 0.15) is 5.02 Å². The molecule has 0 unspecified atom stereocenters. The minimum atomic E-state index is -0.640. The Morgan fingerprint density at radius 3 is 2.62 bits per heavy atom. The maximum absolute atomic E-state index is 12.2. The fraction of sp³-hybridized carbons (Fsp3) is 0.0714. The van der Waals surface area contributed by atoms with Crippen LogP contribution in [-0.4, -0.2) is 10.8 Å². The van der Waals surface area contributed by atoms with Crippen molar-refractivity contribution in [3.63, 3.8) is 0 Å². The van der Waals surface area contributed by atoms with Gasteiger partial charge in [0.2, 0.25) is 0 Å². The van der Waals surface area contributed by atoms with E-state index >= 15 is 0 Å². The number of aryl methyl sites for hydroxylation is 1. The smallest absolute Gasteiger partial charge is 0.288 e. The lowest BCUT2D eigenvalue weighted by molar-refractivity contribution is -0.384. The molecule has 1 amide bonds. The van der Waals surface area contributed by atoms with Gasteiger partial charge in [0.15, 0.2) is 0 Å². The van der Waals surface area contributed by atoms with Gasteiger partial charge in [-0.1, -0.05) is 35.3 Å². The summed E-state index contributed by atoms with van der Waals surface area (Å²) in [4.78, 5) is 22.4. The molecule has 7 heteroatoms. The summed E-state index contributed by atoms with van der Waals surface area (Å²) in [5, 5.41) is 13.6. The third-order valence-electron chi connectivity index (χ3n) is 2.79. The quantitative estimate of drug-likeness (QED) is 0.669. The number of carbonyl (C=O) groups excluding carboxylic acids is 1. The van der Waals surface area contributed by atoms with Crippen molar-refractivity contribution in [2.75, 3.05) is 5.32 Å². The van der Waals surface area contributed by atoms with Crippen molar-refractivity contribution in [3.8, 4) is 0 Å². The van der Waals surface area contributed by atoms with E-state index in [0.717, 1.165) is 5.56 Å². The molecule has 5 nitrogen and oxygen atoms in total. The molecule has 0 spiro atoms. The third-order valence-corrected chi connectivity index (χ3v) is 3.52. The Balaban J connectivity index is 2.35. The number of hydrogen-bond acceptors (Lipinski definition) is 3. The summed E-state index contributed by atoms with van der Waals surface area (Å²) in [5.41, 5.74) is 1.03. The van der Waals surface area contributed by atoms with Gasteiger partial charge >= 0.3 is 0 Å². The molecule has 2 aromatic rings. The third kappa shape index (κ3) is 3.32. The molecular formula is C14H10Cl2N2O3. The number of hydrogen-bond donors (Lipinski definition) is 1. The highest BCUT2D eigenvalue weighted by Crippen LogP contribution is 2.29. The number of nitrogens with one attached hydrogen (secondary N) is 1. The largest absolute Gasteiger partial charge is 0.321 e. The van der Waals surface area contributed by atoms with Crippen molar-refractivity contribution in [2.24, 2.45) is 0 Å². The van der Waals surface area contributed by atoms with Crippen molar-refractivity contribution < 1.29 is 9.72 Å². The summed E-state index contributed by atoms with van der Waals surface area (Å²) in [6.45, 7) is 1.85. The number of amides is 1. The first-order chi connectivity index (χ1) is 9.90. The fourth-order valence-corrected chi connectivity index (χ4v) is 2.21. The van der Waals surface area contributed by atoms with Crippen molar-refractivity contribution in [1.29, 1.82) is 0 Å². The lowest BCUT2D eigenvalue weighted by Crippen LogP contribution is -2.13. The highest BCUT2D eigenvalue weighted by atomic mass is 35.5. The number of anilines is 1. The van der Waals surface area contributed by atoms with Gasteiger partial charge in [-0.2, -0.15) is 0 Å². The normalized spacial score (nSPS) is 10.2. The Hall–Kier alpha value is -2.11. The van der Waals surface area contributed by atoms with Crippen molar-refractivity contribution in [3.05, 3.63) is 67.7 Å². The van der Waals surface area contributed by atoms with Crippen LogP contribution in [0, 0.1) is 17.0 Å². The molecule has 0 fully saturated rings. The SMILES string of the molecule is Cc1ccc(Cl)c(NC(=O)c2cccc([N+](=O)[O-])c2Cl)c1. The molecule has 2 aromatic carbocycles. The zero-order valence-corrected chi connectivity index (χ0v) is 12.4. The molecule has 0 heterocycles. The van der Waals surface area contributed by atoms with Gasteiger partial charge in [-0.25, -0.2) is 0 Å². The minimum absolute atomic E-state index is 0.0171. The van der Waals surface area contributed by atoms with E-state index in [1.54, 1.807) is 18.2 Å². The predicted molar refractivity (Wildman–Crippen MR) is 82.2 cm³/mol. The van der Waals surface area contributed by atoms with Gasteiger partial charge in [0.25, 0.3) is 11.6 Å². The maximum atomic E-state index is 12.2. The van der Waals surface area contributed by atoms with Crippen LogP contribution in [0.4, 0.5) is 11.4 Å². The molecule has 0 bridgehead atoms. The molecule has 0 aliphatic rings. The van der Waals surface area contributed by atoms with Crippen LogP contribution in [0.1, 0.15) is 15.9 Å². The number of benzene rings is 2. The highest BCUT2D eigenvalue weighted by Gasteiger charge is 2.20. The summed E-state index contributed by atoms with van der Waals surface area (Å²) < 4.78 is 0. The number of carbonyl (C=O) groups is 1. The zero-order valence-electron chi connectivity index (χ0n) is 10.9. The lowest BCUT2D eigenvalue weighted by atomic mass is 10.1. The summed E-state index contributed by atoms with van der Waals surface area (Å²) in [6.07, 6.45) is 0. The van der Waals surface area contributed by atoms with Gasteiger partial charge in [0.05, 0.1) is 21.2 Å². The first-order valence-electron chi connectivity index (χ1n) is 5.90. The molecule has 0 atom stereocenters. The first-order valence-corrected chi connectivity index (χ1v) is 6.66. The number of halogens is 2. The monoisotopic (exact) mass is 324 g/mol. The van der Waals surface area contributed by atoms with Crippen LogP contribution in [0.15, 0.2) is 36.4 Å². The average Bonchev–Trinajstić information content (AvgIpc) is 2.42. The molecule has 0 aliphatic carbocycles. The van der Waals surface area contributed by atoms with Crippen LogP contribution in [0.3, 0.4) is 0 Å². The molecule has 0 aromatic heterocycles. The summed E-state index contributed by atoms with van der Waals surface area (Å²) >= 11 is 11.9. The molecule has 0 aliphatic heterocycles. The molecular weight excluding hydrogens is 315 g/mol. The molecule has 21 heavy (non-hydrogen) atoms. The molecule has 0 saturated heterocycles.